The Hall–Kier alpha value is -0.830. The summed E-state index contributed by atoms with van der Waals surface area (Å²) in [7, 11) is 0. The molecule has 1 aromatic rings. The van der Waals surface area contributed by atoms with Crippen LogP contribution >= 0.6 is 0 Å². The molecule has 18 heavy (non-hydrogen) atoms. The van der Waals surface area contributed by atoms with Gasteiger partial charge in [-0.15, -0.1) is 0 Å². The topological polar surface area (TPSA) is 29.9 Å². The van der Waals surface area contributed by atoms with Gasteiger partial charge in [-0.05, 0) is 19.3 Å². The van der Waals surface area contributed by atoms with Crippen LogP contribution in [0.15, 0.2) is 6.20 Å². The maximum Gasteiger partial charge on any atom is 0.0537 e. The highest BCUT2D eigenvalue weighted by Gasteiger charge is 2.21. The van der Waals surface area contributed by atoms with Crippen molar-refractivity contribution in [2.45, 2.75) is 77.9 Å². The van der Waals surface area contributed by atoms with E-state index in [9.17, 15) is 0 Å². The lowest BCUT2D eigenvalue weighted by molar-refractivity contribution is 0.447. The molecule has 0 spiro atoms. The zero-order valence-corrected chi connectivity index (χ0v) is 12.1. The smallest absolute Gasteiger partial charge is 0.0537 e. The Kier molecular flexibility index (Phi) is 4.81. The number of nitrogens with zero attached hydrogens (tertiary/aromatic N) is 2. The lowest BCUT2D eigenvalue weighted by atomic mass is 10.1. The van der Waals surface area contributed by atoms with Gasteiger partial charge in [0.1, 0.15) is 0 Å². The minimum Gasteiger partial charge on any atom is -0.310 e. The third-order valence-corrected chi connectivity index (χ3v) is 3.84. The van der Waals surface area contributed by atoms with E-state index in [-0.39, 0.29) is 0 Å². The van der Waals surface area contributed by atoms with Gasteiger partial charge >= 0.3 is 0 Å². The molecule has 2 rings (SSSR count). The molecule has 102 valence electrons. The number of hydrogen-bond donors (Lipinski definition) is 1. The highest BCUT2D eigenvalue weighted by Crippen LogP contribution is 2.31. The highest BCUT2D eigenvalue weighted by atomic mass is 15.3. The van der Waals surface area contributed by atoms with Crippen molar-refractivity contribution in [1.82, 2.24) is 15.1 Å². The molecule has 0 radical (unpaired) electrons. The monoisotopic (exact) mass is 249 g/mol. The molecule has 0 aliphatic heterocycles. The zero-order valence-electron chi connectivity index (χ0n) is 12.1. The minimum absolute atomic E-state index is 0.536. The predicted octanol–water partition coefficient (Wildman–Crippen LogP) is 3.45. The molecule has 1 N–H and O–H groups in total. The first kappa shape index (κ1) is 13.6. The van der Waals surface area contributed by atoms with Crippen LogP contribution < -0.4 is 5.32 Å². The Morgan fingerprint density at radius 3 is 2.72 bits per heavy atom. The molecule has 0 aromatic carbocycles. The van der Waals surface area contributed by atoms with Crippen LogP contribution in [0, 0.1) is 0 Å². The van der Waals surface area contributed by atoms with E-state index in [0.717, 1.165) is 13.0 Å². The van der Waals surface area contributed by atoms with E-state index in [4.69, 9.17) is 0 Å². The summed E-state index contributed by atoms with van der Waals surface area (Å²) in [6.45, 7) is 7.60. The van der Waals surface area contributed by atoms with E-state index < -0.39 is 0 Å². The molecule has 0 saturated heterocycles. The average Bonchev–Trinajstić information content (AvgIpc) is 2.95. The van der Waals surface area contributed by atoms with Crippen molar-refractivity contribution >= 4 is 0 Å². The van der Waals surface area contributed by atoms with Crippen molar-refractivity contribution in [3.63, 3.8) is 0 Å². The Morgan fingerprint density at radius 1 is 1.39 bits per heavy atom. The van der Waals surface area contributed by atoms with Crippen LogP contribution in [0.1, 0.15) is 70.2 Å². The molecule has 1 heterocycles. The van der Waals surface area contributed by atoms with Gasteiger partial charge in [0.05, 0.1) is 12.2 Å². The van der Waals surface area contributed by atoms with Gasteiger partial charge < -0.3 is 5.32 Å². The van der Waals surface area contributed by atoms with Crippen molar-refractivity contribution in [1.29, 1.82) is 0 Å². The van der Waals surface area contributed by atoms with Crippen LogP contribution in [0.4, 0.5) is 0 Å². The van der Waals surface area contributed by atoms with Gasteiger partial charge in [0.15, 0.2) is 0 Å². The van der Waals surface area contributed by atoms with Gasteiger partial charge in [-0.25, -0.2) is 0 Å². The van der Waals surface area contributed by atoms with Gasteiger partial charge in [0.25, 0.3) is 0 Å². The van der Waals surface area contributed by atoms with Gasteiger partial charge in [-0.1, -0.05) is 40.0 Å². The van der Waals surface area contributed by atoms with Crippen LogP contribution in [0.5, 0.6) is 0 Å². The van der Waals surface area contributed by atoms with Gasteiger partial charge in [-0.3, -0.25) is 4.68 Å². The molecule has 0 atom stereocenters. The van der Waals surface area contributed by atoms with Crippen LogP contribution in [0.25, 0.3) is 0 Å². The van der Waals surface area contributed by atoms with Gasteiger partial charge in [0, 0.05) is 23.8 Å². The Bertz CT molecular complexity index is 362. The molecule has 3 heteroatoms. The van der Waals surface area contributed by atoms with E-state index in [1.54, 1.807) is 0 Å². The summed E-state index contributed by atoms with van der Waals surface area (Å²) in [4.78, 5) is 0. The second kappa shape index (κ2) is 6.37. The van der Waals surface area contributed by atoms with Crippen LogP contribution in [-0.4, -0.2) is 15.8 Å². The molecular weight excluding hydrogens is 222 g/mol. The average molecular weight is 249 g/mol. The number of nitrogens with one attached hydrogen (secondary N) is 1. The molecule has 3 nitrogen and oxygen atoms in total. The zero-order chi connectivity index (χ0) is 13.0. The molecule has 1 aliphatic rings. The van der Waals surface area contributed by atoms with Crippen molar-refractivity contribution in [3.8, 4) is 0 Å². The van der Waals surface area contributed by atoms with Crippen LogP contribution in [0.3, 0.4) is 0 Å². The molecule has 0 amide bonds. The fourth-order valence-electron chi connectivity index (χ4n) is 2.86. The molecule has 0 unspecified atom stereocenters. The number of hydrogen-bond acceptors (Lipinski definition) is 2. The summed E-state index contributed by atoms with van der Waals surface area (Å²) in [6, 6.07) is 1.20. The lowest BCUT2D eigenvalue weighted by Crippen LogP contribution is -2.22. The van der Waals surface area contributed by atoms with Gasteiger partial charge in [0.2, 0.25) is 0 Å². The summed E-state index contributed by atoms with van der Waals surface area (Å²) in [6.07, 6.45) is 9.81. The first-order valence-electron chi connectivity index (χ1n) is 7.51. The van der Waals surface area contributed by atoms with E-state index in [2.05, 4.69) is 42.1 Å². The fourth-order valence-corrected chi connectivity index (χ4v) is 2.86. The third-order valence-electron chi connectivity index (χ3n) is 3.84. The van der Waals surface area contributed by atoms with Crippen LogP contribution in [-0.2, 0) is 13.0 Å². The minimum atomic E-state index is 0.536. The van der Waals surface area contributed by atoms with Gasteiger partial charge in [-0.2, -0.15) is 5.10 Å². The molecule has 1 fully saturated rings. The largest absolute Gasteiger partial charge is 0.310 e. The maximum absolute atomic E-state index is 4.67. The van der Waals surface area contributed by atoms with Crippen molar-refractivity contribution in [2.24, 2.45) is 0 Å². The third kappa shape index (κ3) is 3.14. The summed E-state index contributed by atoms with van der Waals surface area (Å²) in [5, 5.41) is 8.18. The van der Waals surface area contributed by atoms with Crippen molar-refractivity contribution < 1.29 is 0 Å². The second-order valence-electron chi connectivity index (χ2n) is 5.78. The fraction of sp³-hybridized carbons (Fsp3) is 0.800. The lowest BCUT2D eigenvalue weighted by Gasteiger charge is -2.15. The normalized spacial score (nSPS) is 16.9. The summed E-state index contributed by atoms with van der Waals surface area (Å²) < 4.78 is 2.33. The summed E-state index contributed by atoms with van der Waals surface area (Å²) in [5.41, 5.74) is 2.87. The molecule has 1 aromatic heterocycles. The Balaban J connectivity index is 2.13. The van der Waals surface area contributed by atoms with E-state index in [0.29, 0.717) is 12.1 Å². The second-order valence-corrected chi connectivity index (χ2v) is 5.78. The molecule has 1 saturated carbocycles. The SMILES string of the molecule is CCCc1c(CNC(C)C)cnn1C1CCCC1. The quantitative estimate of drug-likeness (QED) is 0.837. The Labute approximate surface area is 111 Å². The van der Waals surface area contributed by atoms with E-state index in [1.165, 1.54) is 43.4 Å². The predicted molar refractivity (Wildman–Crippen MR) is 75.7 cm³/mol. The van der Waals surface area contributed by atoms with Crippen molar-refractivity contribution in [3.05, 3.63) is 17.5 Å². The maximum atomic E-state index is 4.67. The molecule has 0 bridgehead atoms. The first-order valence-corrected chi connectivity index (χ1v) is 7.51. The summed E-state index contributed by atoms with van der Waals surface area (Å²) >= 11 is 0. The van der Waals surface area contributed by atoms with Crippen LogP contribution in [0.2, 0.25) is 0 Å². The summed E-state index contributed by atoms with van der Waals surface area (Å²) in [5.74, 6) is 0. The van der Waals surface area contributed by atoms with E-state index >= 15 is 0 Å². The Morgan fingerprint density at radius 2 is 2.11 bits per heavy atom. The first-order chi connectivity index (χ1) is 8.72. The van der Waals surface area contributed by atoms with E-state index in [1.807, 2.05) is 0 Å². The molecule has 1 aliphatic carbocycles. The number of aromatic nitrogens is 2. The molecular formula is C15H27N3. The standard InChI is InChI=1S/C15H27N3/c1-4-7-15-13(10-16-12(2)3)11-17-18(15)14-8-5-6-9-14/h11-12,14,16H,4-10H2,1-3H3. The highest BCUT2D eigenvalue weighted by molar-refractivity contribution is 5.19. The van der Waals surface area contributed by atoms with Crippen molar-refractivity contribution in [2.75, 3.05) is 0 Å². The number of rotatable bonds is 6.